The molecule has 0 radical (unpaired) electrons. The number of benzene rings is 1. The van der Waals surface area contributed by atoms with Crippen LogP contribution < -0.4 is 11.1 Å². The largest absolute Gasteiger partial charge is 0.365 e. The highest BCUT2D eigenvalue weighted by Gasteiger charge is 2.07. The monoisotopic (exact) mass is 218 g/mol. The number of nitrogens with one attached hydrogen (secondary N) is 1. The first-order valence-corrected chi connectivity index (χ1v) is 5.21. The Morgan fingerprint density at radius 1 is 1.31 bits per heavy atom. The molecule has 0 spiro atoms. The minimum absolute atomic E-state index is 0.149. The third kappa shape index (κ3) is 1.84. The number of anilines is 1. The van der Waals surface area contributed by atoms with Crippen molar-refractivity contribution in [2.75, 3.05) is 5.43 Å². The summed E-state index contributed by atoms with van der Waals surface area (Å²) in [4.78, 5) is 11.8. The topological polar surface area (TPSA) is 51.9 Å². The summed E-state index contributed by atoms with van der Waals surface area (Å²) >= 11 is 0. The molecule has 0 fully saturated rings. The summed E-state index contributed by atoms with van der Waals surface area (Å²) < 4.78 is 2.87. The van der Waals surface area contributed by atoms with Gasteiger partial charge in [-0.2, -0.15) is 9.77 Å². The van der Waals surface area contributed by atoms with Gasteiger partial charge in [0, 0.05) is 6.54 Å². The maximum atomic E-state index is 11.8. The van der Waals surface area contributed by atoms with E-state index in [4.69, 9.17) is 0 Å². The molecule has 1 aromatic carbocycles. The first-order valence-electron chi connectivity index (χ1n) is 5.21. The predicted octanol–water partition coefficient (Wildman–Crippen LogP) is 1.25. The molecule has 0 saturated heterocycles. The van der Waals surface area contributed by atoms with E-state index in [0.29, 0.717) is 12.4 Å². The van der Waals surface area contributed by atoms with Crippen molar-refractivity contribution in [3.8, 4) is 0 Å². The second kappa shape index (κ2) is 4.22. The first kappa shape index (κ1) is 10.5. The Morgan fingerprint density at radius 2 is 2.00 bits per heavy atom. The zero-order chi connectivity index (χ0) is 11.5. The number of hydrogen-bond donors (Lipinski definition) is 1. The predicted molar refractivity (Wildman–Crippen MR) is 62.4 cm³/mol. The molecule has 1 N–H and O–H groups in total. The zero-order valence-corrected chi connectivity index (χ0v) is 9.34. The Kier molecular flexibility index (Phi) is 2.76. The molecule has 0 saturated carbocycles. The lowest BCUT2D eigenvalue weighted by Crippen LogP contribution is -2.29. The maximum Gasteiger partial charge on any atom is 0.365 e. The van der Waals surface area contributed by atoms with Crippen molar-refractivity contribution in [2.24, 2.45) is 0 Å². The van der Waals surface area contributed by atoms with Crippen LogP contribution in [-0.2, 0) is 6.54 Å². The normalized spacial score (nSPS) is 10.4. The Labute approximate surface area is 93.3 Å². The van der Waals surface area contributed by atoms with Gasteiger partial charge in [0.2, 0.25) is 0 Å². The molecule has 16 heavy (non-hydrogen) atoms. The minimum atomic E-state index is -0.149. The summed E-state index contributed by atoms with van der Waals surface area (Å²) in [6.07, 6.45) is 0. The number of aromatic nitrogens is 3. The Hall–Kier alpha value is -2.04. The van der Waals surface area contributed by atoms with E-state index in [1.54, 1.807) is 6.92 Å². The van der Waals surface area contributed by atoms with Gasteiger partial charge in [-0.1, -0.05) is 18.2 Å². The van der Waals surface area contributed by atoms with Gasteiger partial charge in [-0.25, -0.2) is 9.48 Å². The molecule has 0 atom stereocenters. The minimum Gasteiger partial charge on any atom is -0.289 e. The summed E-state index contributed by atoms with van der Waals surface area (Å²) in [7, 11) is 0. The van der Waals surface area contributed by atoms with Crippen LogP contribution in [0.5, 0.6) is 0 Å². The van der Waals surface area contributed by atoms with Crippen molar-refractivity contribution < 1.29 is 0 Å². The molecule has 1 heterocycles. The third-order valence-electron chi connectivity index (χ3n) is 2.32. The lowest BCUT2D eigenvalue weighted by Gasteiger charge is -2.05. The molecule has 0 unspecified atom stereocenters. The second-order valence-electron chi connectivity index (χ2n) is 3.46. The molecule has 84 valence electrons. The molecule has 0 aliphatic carbocycles. The van der Waals surface area contributed by atoms with Gasteiger partial charge < -0.3 is 0 Å². The molecule has 5 heteroatoms. The lowest BCUT2D eigenvalue weighted by atomic mass is 10.3. The van der Waals surface area contributed by atoms with Gasteiger partial charge >= 0.3 is 5.69 Å². The number of hydrogen-bond acceptors (Lipinski definition) is 3. The summed E-state index contributed by atoms with van der Waals surface area (Å²) in [5.74, 6) is 0.649. The average molecular weight is 218 g/mol. The van der Waals surface area contributed by atoms with Gasteiger partial charge in [0.05, 0.1) is 5.69 Å². The lowest BCUT2D eigenvalue weighted by molar-refractivity contribution is 0.624. The van der Waals surface area contributed by atoms with Crippen molar-refractivity contribution in [3.63, 3.8) is 0 Å². The van der Waals surface area contributed by atoms with Crippen LogP contribution in [0.25, 0.3) is 0 Å². The summed E-state index contributed by atoms with van der Waals surface area (Å²) in [6, 6.07) is 9.54. The van der Waals surface area contributed by atoms with Crippen LogP contribution in [0.2, 0.25) is 0 Å². The molecule has 0 aliphatic rings. The van der Waals surface area contributed by atoms with Gasteiger partial charge in [-0.05, 0) is 26.0 Å². The highest BCUT2D eigenvalue weighted by atomic mass is 16.2. The van der Waals surface area contributed by atoms with Gasteiger partial charge in [0.25, 0.3) is 0 Å². The van der Waals surface area contributed by atoms with Gasteiger partial charge in [0.15, 0.2) is 5.82 Å². The first-order chi connectivity index (χ1) is 7.72. The van der Waals surface area contributed by atoms with E-state index in [1.165, 1.54) is 9.36 Å². The fraction of sp³-hybridized carbons (Fsp3) is 0.273. The zero-order valence-electron chi connectivity index (χ0n) is 9.34. The van der Waals surface area contributed by atoms with Crippen molar-refractivity contribution in [1.82, 2.24) is 14.5 Å². The van der Waals surface area contributed by atoms with Crippen molar-refractivity contribution in [3.05, 3.63) is 46.6 Å². The summed E-state index contributed by atoms with van der Waals surface area (Å²) in [6.45, 7) is 4.26. The Morgan fingerprint density at radius 3 is 2.56 bits per heavy atom. The van der Waals surface area contributed by atoms with E-state index in [1.807, 2.05) is 37.3 Å². The summed E-state index contributed by atoms with van der Waals surface area (Å²) in [5.41, 5.74) is 3.73. The van der Waals surface area contributed by atoms with E-state index in [2.05, 4.69) is 10.5 Å². The molecule has 0 amide bonds. The molecule has 2 rings (SSSR count). The third-order valence-corrected chi connectivity index (χ3v) is 2.32. The standard InChI is InChI=1S/C11H14N4O/c1-3-14-11(16)15(9(2)12-14)13-10-7-5-4-6-8-10/h4-8,13H,3H2,1-2H3. The van der Waals surface area contributed by atoms with E-state index >= 15 is 0 Å². The Balaban J connectivity index is 2.35. The van der Waals surface area contributed by atoms with Gasteiger partial charge in [0.1, 0.15) is 0 Å². The van der Waals surface area contributed by atoms with E-state index in [-0.39, 0.29) is 5.69 Å². The van der Waals surface area contributed by atoms with Gasteiger partial charge in [-0.15, -0.1) is 0 Å². The fourth-order valence-electron chi connectivity index (χ4n) is 1.49. The van der Waals surface area contributed by atoms with E-state index in [0.717, 1.165) is 5.69 Å². The van der Waals surface area contributed by atoms with Crippen molar-refractivity contribution in [1.29, 1.82) is 0 Å². The quantitative estimate of drug-likeness (QED) is 0.843. The molecule has 1 aromatic heterocycles. The fourth-order valence-corrected chi connectivity index (χ4v) is 1.49. The van der Waals surface area contributed by atoms with Crippen molar-refractivity contribution >= 4 is 5.69 Å². The van der Waals surface area contributed by atoms with Crippen LogP contribution in [0, 0.1) is 6.92 Å². The molecule has 5 nitrogen and oxygen atoms in total. The van der Waals surface area contributed by atoms with Crippen LogP contribution >= 0.6 is 0 Å². The molecule has 0 bridgehead atoms. The van der Waals surface area contributed by atoms with E-state index in [9.17, 15) is 4.79 Å². The summed E-state index contributed by atoms with van der Waals surface area (Å²) in [5, 5.41) is 4.13. The van der Waals surface area contributed by atoms with Crippen LogP contribution in [0.15, 0.2) is 35.1 Å². The smallest absolute Gasteiger partial charge is 0.289 e. The second-order valence-corrected chi connectivity index (χ2v) is 3.46. The average Bonchev–Trinajstić information content (AvgIpc) is 2.58. The van der Waals surface area contributed by atoms with Crippen LogP contribution in [0.1, 0.15) is 12.7 Å². The highest BCUT2D eigenvalue weighted by Crippen LogP contribution is 2.05. The number of nitrogens with zero attached hydrogens (tertiary/aromatic N) is 3. The number of rotatable bonds is 3. The molecular weight excluding hydrogens is 204 g/mol. The van der Waals surface area contributed by atoms with Crippen LogP contribution in [0.4, 0.5) is 5.69 Å². The van der Waals surface area contributed by atoms with Crippen LogP contribution in [0.3, 0.4) is 0 Å². The van der Waals surface area contributed by atoms with E-state index < -0.39 is 0 Å². The molecule has 0 aliphatic heterocycles. The maximum absolute atomic E-state index is 11.8. The van der Waals surface area contributed by atoms with Gasteiger partial charge in [-0.3, -0.25) is 5.43 Å². The molecular formula is C11H14N4O. The van der Waals surface area contributed by atoms with Crippen molar-refractivity contribution in [2.45, 2.75) is 20.4 Å². The SMILES string of the molecule is CCn1nc(C)n(Nc2ccccc2)c1=O. The number of para-hydroxylation sites is 1. The highest BCUT2D eigenvalue weighted by molar-refractivity contribution is 5.42. The number of aryl methyl sites for hydroxylation is 2. The molecule has 2 aromatic rings. The van der Waals surface area contributed by atoms with Crippen LogP contribution in [-0.4, -0.2) is 14.5 Å². The Bertz CT molecular complexity index is 527.